The van der Waals surface area contributed by atoms with Crippen LogP contribution in [0, 0.1) is 0 Å². The fraction of sp³-hybridized carbons (Fsp3) is 0.226. The molecule has 2 aromatic heterocycles. The molecule has 0 aliphatic carbocycles. The molecule has 0 saturated carbocycles. The van der Waals surface area contributed by atoms with Gasteiger partial charge in [0.25, 0.3) is 5.91 Å². The zero-order valence-corrected chi connectivity index (χ0v) is 23.6. The number of fused-ring (bicyclic) bond motifs is 2. The first-order chi connectivity index (χ1) is 20.7. The van der Waals surface area contributed by atoms with E-state index in [2.05, 4.69) is 10.2 Å². The molecule has 11 nitrogen and oxygen atoms in total. The largest absolute Gasteiger partial charge is 0.485 e. The zero-order valence-electron chi connectivity index (χ0n) is 22.9. The van der Waals surface area contributed by atoms with E-state index < -0.39 is 18.1 Å². The second-order valence-electron chi connectivity index (χ2n) is 10.4. The van der Waals surface area contributed by atoms with Crippen LogP contribution in [0.3, 0.4) is 0 Å². The quantitative estimate of drug-likeness (QED) is 0.204. The highest BCUT2D eigenvalue weighted by molar-refractivity contribution is 6.31. The Labute approximate surface area is 251 Å². The molecule has 1 fully saturated rings. The van der Waals surface area contributed by atoms with Gasteiger partial charge in [0.2, 0.25) is 11.7 Å². The summed E-state index contributed by atoms with van der Waals surface area (Å²) in [6, 6.07) is 17.3. The summed E-state index contributed by atoms with van der Waals surface area (Å²) in [5, 5.41) is 30.4. The van der Waals surface area contributed by atoms with Crippen molar-refractivity contribution in [2.75, 3.05) is 26.2 Å². The number of aromatic nitrogens is 3. The lowest BCUT2D eigenvalue weighted by molar-refractivity contribution is 0.0572. The number of ketones is 1. The minimum atomic E-state index is -0.792. The van der Waals surface area contributed by atoms with Crippen LogP contribution in [0.2, 0.25) is 5.02 Å². The summed E-state index contributed by atoms with van der Waals surface area (Å²) in [6.45, 7) is 1.42. The van der Waals surface area contributed by atoms with E-state index in [1.54, 1.807) is 67.0 Å². The normalized spacial score (nSPS) is 17.0. The van der Waals surface area contributed by atoms with Crippen LogP contribution < -0.4 is 15.2 Å². The summed E-state index contributed by atoms with van der Waals surface area (Å²) in [5.74, 6) is 0.0495. The summed E-state index contributed by atoms with van der Waals surface area (Å²) in [5.41, 5.74) is 6.93. The van der Waals surface area contributed by atoms with Crippen molar-refractivity contribution in [3.8, 4) is 17.4 Å². The summed E-state index contributed by atoms with van der Waals surface area (Å²) in [4.78, 5) is 27.7. The number of aliphatic hydroxyl groups is 2. The van der Waals surface area contributed by atoms with Gasteiger partial charge in [-0.1, -0.05) is 17.7 Å². The first kappa shape index (κ1) is 28.6. The van der Waals surface area contributed by atoms with Gasteiger partial charge in [-0.05, 0) is 53.2 Å². The van der Waals surface area contributed by atoms with Crippen molar-refractivity contribution < 1.29 is 29.3 Å². The maximum Gasteiger partial charge on any atom is 0.252 e. The number of amides is 1. The number of rotatable bonds is 10. The number of aliphatic hydroxyl groups excluding tert-OH is 2. The van der Waals surface area contributed by atoms with Crippen LogP contribution in [0.1, 0.15) is 20.7 Å². The van der Waals surface area contributed by atoms with Gasteiger partial charge >= 0.3 is 0 Å². The molecule has 1 saturated heterocycles. The number of halogens is 1. The lowest BCUT2D eigenvalue weighted by atomic mass is 10.1. The van der Waals surface area contributed by atoms with E-state index in [4.69, 9.17) is 26.8 Å². The minimum Gasteiger partial charge on any atom is -0.485 e. The number of nitrogens with zero attached hydrogens (tertiary/aromatic N) is 4. The number of Topliss-reactive ketones (excluding diaryl/α,β-unsaturated/α-hetero) is 1. The standard InChI is InChI=1S/C31H28ClN5O6/c32-20-4-3-18-12-29(23(31(33)41)11-19(18)10-20)42-17-28(40)24-14-37(9-8-36-15-26(38)27(39)16-36)25-13-21(5-6-22(24)25)43-30-2-1-7-34-35-30/h1-7,10-14,26-27,38-39H,8-9,15-17H2,(H2,33,41)/t26-,27+. The molecule has 1 amide bonds. The summed E-state index contributed by atoms with van der Waals surface area (Å²) in [6.07, 6.45) is 1.72. The van der Waals surface area contributed by atoms with Crippen molar-refractivity contribution in [3.05, 3.63) is 89.2 Å². The number of ether oxygens (including phenoxy) is 2. The van der Waals surface area contributed by atoms with Crippen LogP contribution in [0.25, 0.3) is 21.7 Å². The van der Waals surface area contributed by atoms with E-state index in [1.165, 1.54) is 0 Å². The number of carbonyl (C=O) groups is 2. The summed E-state index contributed by atoms with van der Waals surface area (Å²) >= 11 is 6.10. The number of β-amino-alcohol motifs (C(OH)–C–C–N with tert-alkyl or cyclic N) is 2. The maximum atomic E-state index is 13.6. The van der Waals surface area contributed by atoms with Crippen LogP contribution in [-0.2, 0) is 6.54 Å². The molecule has 0 bridgehead atoms. The zero-order chi connectivity index (χ0) is 30.1. The van der Waals surface area contributed by atoms with Gasteiger partial charge in [-0.15, -0.1) is 5.10 Å². The van der Waals surface area contributed by atoms with Gasteiger partial charge in [0.1, 0.15) is 11.5 Å². The fourth-order valence-corrected chi connectivity index (χ4v) is 5.44. The highest BCUT2D eigenvalue weighted by Gasteiger charge is 2.29. The maximum absolute atomic E-state index is 13.6. The Balaban J connectivity index is 1.28. The van der Waals surface area contributed by atoms with Gasteiger partial charge in [0, 0.05) is 66.7 Å². The third kappa shape index (κ3) is 6.15. The van der Waals surface area contributed by atoms with E-state index >= 15 is 0 Å². The van der Waals surface area contributed by atoms with E-state index in [1.807, 2.05) is 15.5 Å². The predicted molar refractivity (Wildman–Crippen MR) is 160 cm³/mol. The van der Waals surface area contributed by atoms with Crippen LogP contribution in [0.4, 0.5) is 0 Å². The Kier molecular flexibility index (Phi) is 7.96. The van der Waals surface area contributed by atoms with Crippen molar-refractivity contribution in [2.45, 2.75) is 18.8 Å². The van der Waals surface area contributed by atoms with Gasteiger partial charge < -0.3 is 30.0 Å². The SMILES string of the molecule is NC(=O)c1cc2cc(Cl)ccc2cc1OCC(=O)c1cn(CCN2C[C@@H](O)[C@@H](O)C2)c2cc(Oc3cccnn3)ccc12. The molecule has 4 N–H and O–H groups in total. The molecule has 3 heterocycles. The fourth-order valence-electron chi connectivity index (χ4n) is 5.26. The highest BCUT2D eigenvalue weighted by atomic mass is 35.5. The Morgan fingerprint density at radius 3 is 2.53 bits per heavy atom. The number of nitrogens with two attached hydrogens (primary N) is 1. The Hall–Kier alpha value is -4.55. The molecule has 12 heteroatoms. The number of carbonyl (C=O) groups excluding carboxylic acids is 2. The van der Waals surface area contributed by atoms with Gasteiger partial charge in [-0.3, -0.25) is 14.5 Å². The topological polar surface area (TPSA) is 153 Å². The van der Waals surface area contributed by atoms with Crippen LogP contribution in [-0.4, -0.2) is 80.0 Å². The number of benzene rings is 3. The van der Waals surface area contributed by atoms with E-state index in [-0.39, 0.29) is 23.7 Å². The van der Waals surface area contributed by atoms with Gasteiger partial charge in [0.05, 0.1) is 23.3 Å². The smallest absolute Gasteiger partial charge is 0.252 e. The molecule has 220 valence electrons. The van der Waals surface area contributed by atoms with Crippen LogP contribution >= 0.6 is 11.6 Å². The monoisotopic (exact) mass is 601 g/mol. The number of hydrogen-bond acceptors (Lipinski definition) is 9. The molecular weight excluding hydrogens is 574 g/mol. The lowest BCUT2D eigenvalue weighted by Gasteiger charge is -2.15. The first-order valence-corrected chi connectivity index (χ1v) is 14.0. The molecule has 1 aliphatic heterocycles. The second kappa shape index (κ2) is 12.0. The van der Waals surface area contributed by atoms with Crippen molar-refractivity contribution in [3.63, 3.8) is 0 Å². The molecule has 0 radical (unpaired) electrons. The molecule has 1 aliphatic rings. The van der Waals surface area contributed by atoms with Crippen molar-refractivity contribution >= 4 is 45.0 Å². The summed E-state index contributed by atoms with van der Waals surface area (Å²) in [7, 11) is 0. The van der Waals surface area contributed by atoms with E-state index in [0.29, 0.717) is 53.8 Å². The second-order valence-corrected chi connectivity index (χ2v) is 10.8. The number of primary amides is 1. The predicted octanol–water partition coefficient (Wildman–Crippen LogP) is 3.43. The Morgan fingerprint density at radius 1 is 0.977 bits per heavy atom. The molecule has 0 spiro atoms. The van der Waals surface area contributed by atoms with Crippen LogP contribution in [0.15, 0.2) is 73.1 Å². The number of likely N-dealkylation sites (tertiary alicyclic amines) is 1. The van der Waals surface area contributed by atoms with Crippen molar-refractivity contribution in [2.24, 2.45) is 5.73 Å². The molecule has 5 aromatic rings. The van der Waals surface area contributed by atoms with Crippen LogP contribution in [0.5, 0.6) is 17.4 Å². The minimum absolute atomic E-state index is 0.144. The highest BCUT2D eigenvalue weighted by Crippen LogP contribution is 2.31. The van der Waals surface area contributed by atoms with Gasteiger partial charge in [0.15, 0.2) is 6.61 Å². The molecule has 3 aromatic carbocycles. The van der Waals surface area contributed by atoms with Gasteiger partial charge in [-0.25, -0.2) is 0 Å². The van der Waals surface area contributed by atoms with E-state index in [9.17, 15) is 19.8 Å². The van der Waals surface area contributed by atoms with E-state index in [0.717, 1.165) is 16.3 Å². The third-order valence-corrected chi connectivity index (χ3v) is 7.68. The first-order valence-electron chi connectivity index (χ1n) is 13.6. The molecular formula is C31H28ClN5O6. The molecule has 2 atom stereocenters. The average molecular weight is 602 g/mol. The molecule has 6 rings (SSSR count). The lowest BCUT2D eigenvalue weighted by Crippen LogP contribution is -2.26. The third-order valence-electron chi connectivity index (χ3n) is 7.44. The number of hydrogen-bond donors (Lipinski definition) is 3. The van der Waals surface area contributed by atoms with Crippen molar-refractivity contribution in [1.82, 2.24) is 19.7 Å². The Bertz CT molecular complexity index is 1820. The van der Waals surface area contributed by atoms with Gasteiger partial charge in [-0.2, -0.15) is 5.10 Å². The average Bonchev–Trinajstić information content (AvgIpc) is 3.52. The summed E-state index contributed by atoms with van der Waals surface area (Å²) < 4.78 is 13.7. The molecule has 43 heavy (non-hydrogen) atoms. The molecule has 0 unspecified atom stereocenters. The Morgan fingerprint density at radius 2 is 1.79 bits per heavy atom. The van der Waals surface area contributed by atoms with Crippen molar-refractivity contribution in [1.29, 1.82) is 0 Å².